The average Bonchev–Trinajstić information content (AvgIpc) is 2.17. The van der Waals surface area contributed by atoms with Gasteiger partial charge in [-0.05, 0) is 33.6 Å². The van der Waals surface area contributed by atoms with Crippen molar-refractivity contribution in [2.24, 2.45) is 0 Å². The van der Waals surface area contributed by atoms with Gasteiger partial charge in [0.1, 0.15) is 0 Å². The van der Waals surface area contributed by atoms with Crippen LogP contribution < -0.4 is 0 Å². The lowest BCUT2D eigenvalue weighted by Crippen LogP contribution is -2.09. The van der Waals surface area contributed by atoms with Gasteiger partial charge in [-0.2, -0.15) is 0 Å². The first-order valence-electron chi connectivity index (χ1n) is 5.63. The van der Waals surface area contributed by atoms with E-state index in [1.807, 2.05) is 13.8 Å². The highest BCUT2D eigenvalue weighted by Gasteiger charge is 2.10. The van der Waals surface area contributed by atoms with Crippen LogP contribution in [0.2, 0.25) is 0 Å². The van der Waals surface area contributed by atoms with Crippen molar-refractivity contribution >= 4 is 5.97 Å². The maximum atomic E-state index is 11.5. The Balaban J connectivity index is 4.28. The first-order chi connectivity index (χ1) is 7.11. The van der Waals surface area contributed by atoms with Gasteiger partial charge in [0.15, 0.2) is 0 Å². The summed E-state index contributed by atoms with van der Waals surface area (Å²) in [4.78, 5) is 11.5. The highest BCUT2D eigenvalue weighted by atomic mass is 16.5. The summed E-state index contributed by atoms with van der Waals surface area (Å²) in [6.45, 7) is 8.16. The minimum Gasteiger partial charge on any atom is -0.498 e. The molecule has 0 saturated carbocycles. The largest absolute Gasteiger partial charge is 0.498 e. The molecule has 0 radical (unpaired) electrons. The minimum absolute atomic E-state index is 0.0936. The Labute approximate surface area is 92.5 Å². The van der Waals surface area contributed by atoms with E-state index in [1.54, 1.807) is 13.2 Å². The molecule has 0 rings (SSSR count). The van der Waals surface area contributed by atoms with Gasteiger partial charge in [-0.1, -0.05) is 13.3 Å². The summed E-state index contributed by atoms with van der Waals surface area (Å²) in [5, 5.41) is 0. The van der Waals surface area contributed by atoms with E-state index in [0.717, 1.165) is 19.3 Å². The number of unbranched alkanes of at least 4 members (excludes halogenated alkanes) is 1. The Hall–Kier alpha value is -0.990. The predicted molar refractivity (Wildman–Crippen MR) is 60.5 cm³/mol. The monoisotopic (exact) mass is 214 g/mol. The second-order valence-corrected chi connectivity index (χ2v) is 3.65. The van der Waals surface area contributed by atoms with Gasteiger partial charge >= 0.3 is 5.97 Å². The van der Waals surface area contributed by atoms with Crippen LogP contribution in [0.4, 0.5) is 0 Å². The molecule has 0 fully saturated rings. The van der Waals surface area contributed by atoms with Gasteiger partial charge in [-0.15, -0.1) is 0 Å². The zero-order valence-electron chi connectivity index (χ0n) is 10.2. The van der Waals surface area contributed by atoms with Gasteiger partial charge in [-0.25, -0.2) is 4.79 Å². The van der Waals surface area contributed by atoms with E-state index in [4.69, 9.17) is 9.47 Å². The van der Waals surface area contributed by atoms with E-state index in [1.165, 1.54) is 0 Å². The fraction of sp³-hybridized carbons (Fsp3) is 0.750. The number of ether oxygens (including phenoxy) is 2. The molecule has 0 atom stereocenters. The Morgan fingerprint density at radius 2 is 2.00 bits per heavy atom. The number of rotatable bonds is 7. The summed E-state index contributed by atoms with van der Waals surface area (Å²) in [5.41, 5.74) is 0.632. The van der Waals surface area contributed by atoms with E-state index in [-0.39, 0.29) is 12.1 Å². The SMILES string of the molecule is CCCCC(=COC(C)C)C(=O)OCC. The van der Waals surface area contributed by atoms with Gasteiger partial charge in [-0.3, -0.25) is 0 Å². The number of carbonyl (C=O) groups is 1. The number of hydrogen-bond donors (Lipinski definition) is 0. The van der Waals surface area contributed by atoms with Crippen molar-refractivity contribution in [3.63, 3.8) is 0 Å². The molecule has 0 spiro atoms. The molecule has 0 unspecified atom stereocenters. The summed E-state index contributed by atoms with van der Waals surface area (Å²) in [7, 11) is 0. The molecule has 0 heterocycles. The maximum absolute atomic E-state index is 11.5. The summed E-state index contributed by atoms with van der Waals surface area (Å²) < 4.78 is 10.3. The van der Waals surface area contributed by atoms with Crippen molar-refractivity contribution in [3.05, 3.63) is 11.8 Å². The summed E-state index contributed by atoms with van der Waals surface area (Å²) >= 11 is 0. The van der Waals surface area contributed by atoms with Crippen molar-refractivity contribution in [2.45, 2.75) is 53.1 Å². The zero-order chi connectivity index (χ0) is 11.7. The van der Waals surface area contributed by atoms with Crippen molar-refractivity contribution in [3.8, 4) is 0 Å². The Bertz CT molecular complexity index is 207. The Kier molecular flexibility index (Phi) is 7.78. The van der Waals surface area contributed by atoms with E-state index < -0.39 is 0 Å². The van der Waals surface area contributed by atoms with Gasteiger partial charge < -0.3 is 9.47 Å². The lowest BCUT2D eigenvalue weighted by Gasteiger charge is -2.09. The highest BCUT2D eigenvalue weighted by Crippen LogP contribution is 2.10. The van der Waals surface area contributed by atoms with E-state index in [0.29, 0.717) is 12.2 Å². The third kappa shape index (κ3) is 7.00. The van der Waals surface area contributed by atoms with E-state index >= 15 is 0 Å². The minimum atomic E-state index is -0.258. The number of carbonyl (C=O) groups excluding carboxylic acids is 1. The van der Waals surface area contributed by atoms with Crippen molar-refractivity contribution in [2.75, 3.05) is 6.61 Å². The Morgan fingerprint density at radius 3 is 2.47 bits per heavy atom. The summed E-state index contributed by atoms with van der Waals surface area (Å²) in [6.07, 6.45) is 4.39. The highest BCUT2D eigenvalue weighted by molar-refractivity contribution is 5.88. The molecule has 0 amide bonds. The average molecular weight is 214 g/mol. The van der Waals surface area contributed by atoms with Crippen LogP contribution in [0.5, 0.6) is 0 Å². The summed E-state index contributed by atoms with van der Waals surface area (Å²) in [5.74, 6) is -0.258. The Morgan fingerprint density at radius 1 is 1.33 bits per heavy atom. The van der Waals surface area contributed by atoms with Crippen molar-refractivity contribution in [1.29, 1.82) is 0 Å². The second-order valence-electron chi connectivity index (χ2n) is 3.65. The lowest BCUT2D eigenvalue weighted by molar-refractivity contribution is -0.138. The molecule has 15 heavy (non-hydrogen) atoms. The van der Waals surface area contributed by atoms with Crippen LogP contribution in [0.25, 0.3) is 0 Å². The molecule has 0 N–H and O–H groups in total. The first-order valence-corrected chi connectivity index (χ1v) is 5.63. The van der Waals surface area contributed by atoms with Gasteiger partial charge in [0, 0.05) is 0 Å². The molecule has 0 aliphatic carbocycles. The van der Waals surface area contributed by atoms with Crippen LogP contribution in [0.15, 0.2) is 11.8 Å². The number of hydrogen-bond acceptors (Lipinski definition) is 3. The van der Waals surface area contributed by atoms with Crippen molar-refractivity contribution in [1.82, 2.24) is 0 Å². The fourth-order valence-corrected chi connectivity index (χ4v) is 1.02. The molecule has 0 saturated heterocycles. The quantitative estimate of drug-likeness (QED) is 0.371. The van der Waals surface area contributed by atoms with Crippen LogP contribution >= 0.6 is 0 Å². The lowest BCUT2D eigenvalue weighted by atomic mass is 10.1. The molecule has 0 aromatic heterocycles. The van der Waals surface area contributed by atoms with Gasteiger partial charge in [0.2, 0.25) is 0 Å². The van der Waals surface area contributed by atoms with Gasteiger partial charge in [0.25, 0.3) is 0 Å². The molecule has 3 nitrogen and oxygen atoms in total. The topological polar surface area (TPSA) is 35.5 Å². The van der Waals surface area contributed by atoms with Crippen LogP contribution in [-0.4, -0.2) is 18.7 Å². The van der Waals surface area contributed by atoms with Gasteiger partial charge in [0.05, 0.1) is 24.5 Å². The molecule has 88 valence electrons. The third-order valence-corrected chi connectivity index (χ3v) is 1.82. The van der Waals surface area contributed by atoms with E-state index in [2.05, 4.69) is 6.92 Å². The smallest absolute Gasteiger partial charge is 0.337 e. The molecule has 3 heteroatoms. The van der Waals surface area contributed by atoms with Crippen LogP contribution in [0.1, 0.15) is 47.0 Å². The van der Waals surface area contributed by atoms with Crippen LogP contribution in [0, 0.1) is 0 Å². The maximum Gasteiger partial charge on any atom is 0.337 e. The number of esters is 1. The first kappa shape index (κ1) is 14.0. The fourth-order valence-electron chi connectivity index (χ4n) is 1.02. The molecule has 0 aromatic carbocycles. The van der Waals surface area contributed by atoms with Crippen molar-refractivity contribution < 1.29 is 14.3 Å². The zero-order valence-corrected chi connectivity index (χ0v) is 10.2. The molecule has 0 aromatic rings. The molecule has 0 bridgehead atoms. The molecule has 0 aliphatic rings. The predicted octanol–water partition coefficient (Wildman–Crippen LogP) is 3.05. The van der Waals surface area contributed by atoms with Crippen LogP contribution in [0.3, 0.4) is 0 Å². The normalized spacial score (nSPS) is 11.7. The van der Waals surface area contributed by atoms with E-state index in [9.17, 15) is 4.79 Å². The summed E-state index contributed by atoms with van der Waals surface area (Å²) in [6, 6.07) is 0. The standard InChI is InChI=1S/C12H22O3/c1-5-7-8-11(9-15-10(3)4)12(13)14-6-2/h9-10H,5-8H2,1-4H3. The molecular formula is C12H22O3. The van der Waals surface area contributed by atoms with Crippen LogP contribution in [-0.2, 0) is 14.3 Å². The molecular weight excluding hydrogens is 192 g/mol. The molecule has 0 aliphatic heterocycles. The third-order valence-electron chi connectivity index (χ3n) is 1.82. The second kappa shape index (κ2) is 8.33.